The Bertz CT molecular complexity index is 1020. The number of aliphatic carboxylic acids is 2. The van der Waals surface area contributed by atoms with Crippen LogP contribution in [0.1, 0.15) is 5.56 Å². The Kier molecular flexibility index (Phi) is 7.45. The van der Waals surface area contributed by atoms with E-state index in [4.69, 9.17) is 24.5 Å². The van der Waals surface area contributed by atoms with Crippen LogP contribution >= 0.6 is 0 Å². The van der Waals surface area contributed by atoms with Gasteiger partial charge in [0.25, 0.3) is 0 Å². The van der Waals surface area contributed by atoms with Crippen LogP contribution in [0.4, 0.5) is 5.69 Å². The van der Waals surface area contributed by atoms with Crippen LogP contribution in [0.5, 0.6) is 5.75 Å². The third kappa shape index (κ3) is 5.73. The van der Waals surface area contributed by atoms with Gasteiger partial charge in [-0.15, -0.1) is 0 Å². The highest BCUT2D eigenvalue weighted by Crippen LogP contribution is 2.29. The normalized spacial score (nSPS) is 13.9. The number of piperazine rings is 1. The molecule has 0 atom stereocenters. The summed E-state index contributed by atoms with van der Waals surface area (Å²) in [6.45, 7) is 5.21. The zero-order valence-electron chi connectivity index (χ0n) is 17.4. The van der Waals surface area contributed by atoms with Crippen molar-refractivity contribution in [2.75, 3.05) is 38.2 Å². The summed E-state index contributed by atoms with van der Waals surface area (Å²) >= 11 is 0. The molecule has 3 aromatic carbocycles. The lowest BCUT2D eigenvalue weighted by atomic mass is 10.0. The summed E-state index contributed by atoms with van der Waals surface area (Å²) in [5, 5.41) is 17.4. The Morgan fingerprint density at radius 3 is 2.06 bits per heavy atom. The molecular weight excluding hydrogens is 396 g/mol. The Hall–Kier alpha value is -3.58. The van der Waals surface area contributed by atoms with Crippen LogP contribution in [0, 0.1) is 0 Å². The van der Waals surface area contributed by atoms with E-state index >= 15 is 0 Å². The fourth-order valence-corrected chi connectivity index (χ4v) is 3.70. The largest absolute Gasteiger partial charge is 0.496 e. The lowest BCUT2D eigenvalue weighted by molar-refractivity contribution is -0.159. The van der Waals surface area contributed by atoms with Crippen molar-refractivity contribution < 1.29 is 24.5 Å². The van der Waals surface area contributed by atoms with Crippen molar-refractivity contribution in [3.8, 4) is 5.75 Å². The number of ether oxygens (including phenoxy) is 1. The topological polar surface area (TPSA) is 90.3 Å². The van der Waals surface area contributed by atoms with Crippen molar-refractivity contribution in [1.29, 1.82) is 0 Å². The van der Waals surface area contributed by atoms with Gasteiger partial charge in [0.05, 0.1) is 7.11 Å². The number of para-hydroxylation sites is 1. The molecule has 0 aromatic heterocycles. The zero-order valence-corrected chi connectivity index (χ0v) is 17.4. The smallest absolute Gasteiger partial charge is 0.414 e. The molecule has 0 amide bonds. The first kappa shape index (κ1) is 22.1. The van der Waals surface area contributed by atoms with Crippen molar-refractivity contribution in [2.24, 2.45) is 0 Å². The highest BCUT2D eigenvalue weighted by Gasteiger charge is 2.19. The van der Waals surface area contributed by atoms with Gasteiger partial charge in [-0.3, -0.25) is 4.90 Å². The minimum absolute atomic E-state index is 0.938. The van der Waals surface area contributed by atoms with Crippen LogP contribution in [0.15, 0.2) is 66.7 Å². The summed E-state index contributed by atoms with van der Waals surface area (Å²) in [4.78, 5) is 23.2. The number of carbonyl (C=O) groups is 2. The van der Waals surface area contributed by atoms with Crippen LogP contribution in [-0.4, -0.2) is 60.3 Å². The molecular formula is C24H26N2O5. The van der Waals surface area contributed by atoms with Gasteiger partial charge >= 0.3 is 11.9 Å². The van der Waals surface area contributed by atoms with Gasteiger partial charge < -0.3 is 19.8 Å². The summed E-state index contributed by atoms with van der Waals surface area (Å²) in [7, 11) is 1.76. The lowest BCUT2D eigenvalue weighted by Crippen LogP contribution is -2.46. The molecule has 1 aliphatic rings. The van der Waals surface area contributed by atoms with Crippen molar-refractivity contribution in [3.05, 3.63) is 72.3 Å². The standard InChI is InChI=1S/C22H24N2O.C2H2O4/c1-25-22-12-11-18-7-5-6-10-20(18)21(22)17-23-13-15-24(16-14-23)19-8-3-2-4-9-19;3-1(4)2(5)6/h2-12H,13-17H2,1H3;(H,3,4)(H,5,6). The van der Waals surface area contributed by atoms with Crippen molar-refractivity contribution in [1.82, 2.24) is 4.90 Å². The molecule has 4 rings (SSSR count). The molecule has 0 spiro atoms. The van der Waals surface area contributed by atoms with Gasteiger partial charge in [0, 0.05) is 44.0 Å². The first-order chi connectivity index (χ1) is 15.0. The minimum atomic E-state index is -1.82. The number of carboxylic acid groups (broad SMARTS) is 2. The summed E-state index contributed by atoms with van der Waals surface area (Å²) < 4.78 is 5.65. The number of nitrogens with zero attached hydrogens (tertiary/aromatic N) is 2. The molecule has 0 saturated carbocycles. The lowest BCUT2D eigenvalue weighted by Gasteiger charge is -2.36. The van der Waals surface area contributed by atoms with Crippen LogP contribution in [0.25, 0.3) is 10.8 Å². The molecule has 7 heteroatoms. The molecule has 162 valence electrons. The first-order valence-corrected chi connectivity index (χ1v) is 10.0. The van der Waals surface area contributed by atoms with E-state index in [1.165, 1.54) is 22.0 Å². The number of anilines is 1. The van der Waals surface area contributed by atoms with Gasteiger partial charge in [-0.1, -0.05) is 48.5 Å². The van der Waals surface area contributed by atoms with E-state index in [1.807, 2.05) is 0 Å². The number of benzene rings is 3. The molecule has 2 N–H and O–H groups in total. The maximum absolute atomic E-state index is 9.10. The summed E-state index contributed by atoms with van der Waals surface area (Å²) in [6.07, 6.45) is 0. The van der Waals surface area contributed by atoms with E-state index in [0.717, 1.165) is 38.5 Å². The third-order valence-corrected chi connectivity index (χ3v) is 5.28. The molecule has 3 aromatic rings. The maximum Gasteiger partial charge on any atom is 0.414 e. The fraction of sp³-hybridized carbons (Fsp3) is 0.250. The number of hydrogen-bond acceptors (Lipinski definition) is 5. The second kappa shape index (κ2) is 10.4. The SMILES string of the molecule is COc1ccc2ccccc2c1CN1CCN(c2ccccc2)CC1.O=C(O)C(=O)O. The first-order valence-electron chi connectivity index (χ1n) is 10.0. The predicted octanol–water partition coefficient (Wildman–Crippen LogP) is 3.33. The van der Waals surface area contributed by atoms with Gasteiger partial charge in [-0.25, -0.2) is 9.59 Å². The average molecular weight is 422 g/mol. The Balaban J connectivity index is 0.000000401. The number of hydrogen-bond donors (Lipinski definition) is 2. The third-order valence-electron chi connectivity index (χ3n) is 5.28. The monoisotopic (exact) mass is 422 g/mol. The minimum Gasteiger partial charge on any atom is -0.496 e. The van der Waals surface area contributed by atoms with Gasteiger partial charge in [0.15, 0.2) is 0 Å². The molecule has 1 heterocycles. The number of rotatable bonds is 4. The van der Waals surface area contributed by atoms with Crippen LogP contribution < -0.4 is 9.64 Å². The van der Waals surface area contributed by atoms with Crippen molar-refractivity contribution in [3.63, 3.8) is 0 Å². The van der Waals surface area contributed by atoms with Gasteiger partial charge in [-0.05, 0) is 29.0 Å². The molecule has 0 aliphatic carbocycles. The predicted molar refractivity (Wildman–Crippen MR) is 120 cm³/mol. The molecule has 0 unspecified atom stereocenters. The van der Waals surface area contributed by atoms with Crippen molar-refractivity contribution >= 4 is 28.4 Å². The van der Waals surface area contributed by atoms with Crippen molar-refractivity contribution in [2.45, 2.75) is 6.54 Å². The quantitative estimate of drug-likeness (QED) is 0.623. The van der Waals surface area contributed by atoms with E-state index < -0.39 is 11.9 Å². The highest BCUT2D eigenvalue weighted by molar-refractivity contribution is 6.27. The van der Waals surface area contributed by atoms with Gasteiger partial charge in [0.2, 0.25) is 0 Å². The van der Waals surface area contributed by atoms with Crippen LogP contribution in [-0.2, 0) is 16.1 Å². The number of carboxylic acids is 2. The van der Waals surface area contributed by atoms with Gasteiger partial charge in [-0.2, -0.15) is 0 Å². The summed E-state index contributed by atoms with van der Waals surface area (Å²) in [6, 6.07) is 23.5. The average Bonchev–Trinajstić information content (AvgIpc) is 2.81. The molecule has 1 aliphatic heterocycles. The molecule has 1 saturated heterocycles. The molecule has 7 nitrogen and oxygen atoms in total. The second-order valence-corrected chi connectivity index (χ2v) is 7.18. The molecule has 31 heavy (non-hydrogen) atoms. The van der Waals surface area contributed by atoms with E-state index in [1.54, 1.807) is 7.11 Å². The van der Waals surface area contributed by atoms with Gasteiger partial charge in [0.1, 0.15) is 5.75 Å². The molecule has 0 bridgehead atoms. The highest BCUT2D eigenvalue weighted by atomic mass is 16.5. The summed E-state index contributed by atoms with van der Waals surface area (Å²) in [5.41, 5.74) is 2.62. The zero-order chi connectivity index (χ0) is 22.2. The van der Waals surface area contributed by atoms with E-state index in [-0.39, 0.29) is 0 Å². The fourth-order valence-electron chi connectivity index (χ4n) is 3.70. The number of fused-ring (bicyclic) bond motifs is 1. The number of methoxy groups -OCH3 is 1. The molecule has 1 fully saturated rings. The Labute approximate surface area is 181 Å². The van der Waals surface area contributed by atoms with Crippen LogP contribution in [0.3, 0.4) is 0 Å². The Morgan fingerprint density at radius 2 is 1.45 bits per heavy atom. The summed E-state index contributed by atoms with van der Waals surface area (Å²) in [5.74, 6) is -2.66. The van der Waals surface area contributed by atoms with E-state index in [2.05, 4.69) is 76.5 Å². The van der Waals surface area contributed by atoms with E-state index in [9.17, 15) is 0 Å². The van der Waals surface area contributed by atoms with E-state index in [0.29, 0.717) is 0 Å². The van der Waals surface area contributed by atoms with Crippen LogP contribution in [0.2, 0.25) is 0 Å². The maximum atomic E-state index is 9.10. The second-order valence-electron chi connectivity index (χ2n) is 7.18. The Morgan fingerprint density at radius 1 is 0.839 bits per heavy atom. The molecule has 0 radical (unpaired) electrons.